The van der Waals surface area contributed by atoms with Gasteiger partial charge in [0.15, 0.2) is 16.8 Å². The van der Waals surface area contributed by atoms with E-state index in [4.69, 9.17) is 13.9 Å². The highest BCUT2D eigenvalue weighted by Crippen LogP contribution is 2.38. The zero-order valence-electron chi connectivity index (χ0n) is 13.4. The highest BCUT2D eigenvalue weighted by molar-refractivity contribution is 6.05. The van der Waals surface area contributed by atoms with Gasteiger partial charge in [0.2, 0.25) is 0 Å². The molecule has 1 aliphatic heterocycles. The van der Waals surface area contributed by atoms with Gasteiger partial charge in [-0.1, -0.05) is 24.3 Å². The third-order valence-electron chi connectivity index (χ3n) is 4.50. The van der Waals surface area contributed by atoms with Crippen LogP contribution in [-0.4, -0.2) is 12.1 Å². The summed E-state index contributed by atoms with van der Waals surface area (Å²) < 4.78 is 16.6. The lowest BCUT2D eigenvalue weighted by Crippen LogP contribution is -2.10. The molecule has 5 nitrogen and oxygen atoms in total. The molecule has 2 aromatic heterocycles. The van der Waals surface area contributed by atoms with Gasteiger partial charge in [-0.15, -0.1) is 0 Å². The smallest absolute Gasteiger partial charge is 0.363 e. The first kappa shape index (κ1) is 14.0. The number of fused-ring (bicyclic) bond motifs is 6. The van der Waals surface area contributed by atoms with Gasteiger partial charge < -0.3 is 13.9 Å². The average Bonchev–Trinajstić information content (AvgIpc) is 2.66. The van der Waals surface area contributed by atoms with Gasteiger partial charge >= 0.3 is 5.63 Å². The maximum absolute atomic E-state index is 12.5. The first-order chi connectivity index (χ1) is 12.3. The maximum Gasteiger partial charge on any atom is 0.363 e. The van der Waals surface area contributed by atoms with Gasteiger partial charge in [-0.3, -0.25) is 0 Å². The molecular formula is C20H13NO4. The van der Waals surface area contributed by atoms with Crippen molar-refractivity contribution in [1.82, 2.24) is 4.98 Å². The summed E-state index contributed by atoms with van der Waals surface area (Å²) in [5.41, 5.74) is 2.87. The summed E-state index contributed by atoms with van der Waals surface area (Å²) in [7, 11) is 1.55. The van der Waals surface area contributed by atoms with Crippen molar-refractivity contribution in [3.05, 3.63) is 64.5 Å². The molecule has 0 fully saturated rings. The number of rotatable bonds is 1. The monoisotopic (exact) mass is 331 g/mol. The van der Waals surface area contributed by atoms with Crippen LogP contribution in [0.4, 0.5) is 0 Å². The summed E-state index contributed by atoms with van der Waals surface area (Å²) in [5.74, 6) is 1.30. The third kappa shape index (κ3) is 1.96. The predicted molar refractivity (Wildman–Crippen MR) is 94.1 cm³/mol. The summed E-state index contributed by atoms with van der Waals surface area (Å²) in [4.78, 5) is 17.2. The Balaban J connectivity index is 1.91. The van der Waals surface area contributed by atoms with Crippen LogP contribution in [0.5, 0.6) is 11.5 Å². The standard InChI is InChI=1S/C20H13NO4/c1-23-16-8-4-6-12-14-9-11-10-24-15-7-3-2-5-13(15)17(11)21-18(14)20(22)25-19(12)16/h2-9H,10H2,1H3. The number of aromatic nitrogens is 1. The van der Waals surface area contributed by atoms with Crippen molar-refractivity contribution in [2.45, 2.75) is 6.61 Å². The lowest BCUT2D eigenvalue weighted by Gasteiger charge is -2.20. The predicted octanol–water partition coefficient (Wildman–Crippen LogP) is 3.91. The minimum Gasteiger partial charge on any atom is -0.493 e. The summed E-state index contributed by atoms with van der Waals surface area (Å²) in [6, 6.07) is 15.2. The van der Waals surface area contributed by atoms with E-state index in [2.05, 4.69) is 4.98 Å². The molecule has 5 rings (SSSR count). The quantitative estimate of drug-likeness (QED) is 0.391. The number of para-hydroxylation sites is 2. The lowest BCUT2D eigenvalue weighted by molar-refractivity contribution is 0.302. The van der Waals surface area contributed by atoms with Crippen molar-refractivity contribution in [2.75, 3.05) is 7.11 Å². The molecule has 122 valence electrons. The number of nitrogens with zero attached hydrogens (tertiary/aromatic N) is 1. The minimum absolute atomic E-state index is 0.316. The summed E-state index contributed by atoms with van der Waals surface area (Å²) in [6.45, 7) is 0.418. The van der Waals surface area contributed by atoms with Crippen LogP contribution < -0.4 is 15.1 Å². The second-order valence-electron chi connectivity index (χ2n) is 5.90. The number of hydrogen-bond acceptors (Lipinski definition) is 5. The maximum atomic E-state index is 12.5. The van der Waals surface area contributed by atoms with Crippen LogP contribution in [0.2, 0.25) is 0 Å². The molecule has 25 heavy (non-hydrogen) atoms. The van der Waals surface area contributed by atoms with Crippen LogP contribution in [0, 0.1) is 0 Å². The van der Waals surface area contributed by atoms with E-state index in [1.165, 1.54) is 0 Å². The Morgan fingerprint density at radius 1 is 1.08 bits per heavy atom. The van der Waals surface area contributed by atoms with Crippen molar-refractivity contribution in [1.29, 1.82) is 0 Å². The minimum atomic E-state index is -0.473. The molecule has 0 saturated carbocycles. The van der Waals surface area contributed by atoms with E-state index in [9.17, 15) is 4.79 Å². The van der Waals surface area contributed by atoms with Gasteiger partial charge in [0, 0.05) is 21.9 Å². The van der Waals surface area contributed by atoms with Gasteiger partial charge in [0.1, 0.15) is 12.4 Å². The van der Waals surface area contributed by atoms with Crippen molar-refractivity contribution in [3.8, 4) is 22.8 Å². The normalized spacial score (nSPS) is 12.5. The van der Waals surface area contributed by atoms with Gasteiger partial charge in [0.25, 0.3) is 0 Å². The number of benzene rings is 2. The Bertz CT molecular complexity index is 1210. The number of methoxy groups -OCH3 is 1. The number of hydrogen-bond donors (Lipinski definition) is 0. The molecule has 2 aromatic carbocycles. The topological polar surface area (TPSA) is 61.6 Å². The van der Waals surface area contributed by atoms with Crippen LogP contribution >= 0.6 is 0 Å². The fourth-order valence-electron chi connectivity index (χ4n) is 3.34. The highest BCUT2D eigenvalue weighted by atomic mass is 16.5. The van der Waals surface area contributed by atoms with Crippen LogP contribution in [-0.2, 0) is 6.61 Å². The first-order valence-electron chi connectivity index (χ1n) is 7.92. The van der Waals surface area contributed by atoms with Gasteiger partial charge in [0.05, 0.1) is 12.8 Å². The van der Waals surface area contributed by atoms with E-state index in [1.54, 1.807) is 13.2 Å². The number of ether oxygens (including phenoxy) is 2. The number of pyridine rings is 1. The summed E-state index contributed by atoms with van der Waals surface area (Å²) >= 11 is 0. The Labute approximate surface area is 142 Å². The summed E-state index contributed by atoms with van der Waals surface area (Å²) in [5, 5.41) is 1.54. The molecule has 0 N–H and O–H groups in total. The molecule has 0 saturated heterocycles. The van der Waals surface area contributed by atoms with Crippen LogP contribution in [0.1, 0.15) is 5.56 Å². The molecule has 5 heteroatoms. The molecular weight excluding hydrogens is 318 g/mol. The molecule has 0 amide bonds. The fraction of sp³-hybridized carbons (Fsp3) is 0.100. The second kappa shape index (κ2) is 5.08. The van der Waals surface area contributed by atoms with Gasteiger partial charge in [-0.2, -0.15) is 0 Å². The molecule has 0 aliphatic carbocycles. The van der Waals surface area contributed by atoms with Crippen LogP contribution in [0.25, 0.3) is 33.1 Å². The van der Waals surface area contributed by atoms with E-state index >= 15 is 0 Å². The van der Waals surface area contributed by atoms with E-state index in [0.717, 1.165) is 33.3 Å². The Morgan fingerprint density at radius 2 is 1.96 bits per heavy atom. The molecule has 0 unspecified atom stereocenters. The van der Waals surface area contributed by atoms with E-state index < -0.39 is 5.63 Å². The zero-order valence-corrected chi connectivity index (χ0v) is 13.4. The molecule has 0 bridgehead atoms. The largest absolute Gasteiger partial charge is 0.493 e. The molecule has 3 heterocycles. The Morgan fingerprint density at radius 3 is 2.84 bits per heavy atom. The van der Waals surface area contributed by atoms with Crippen LogP contribution in [0.15, 0.2) is 57.7 Å². The van der Waals surface area contributed by atoms with Gasteiger partial charge in [-0.25, -0.2) is 9.78 Å². The molecule has 0 atom stereocenters. The van der Waals surface area contributed by atoms with E-state index in [1.807, 2.05) is 42.5 Å². The molecule has 4 aromatic rings. The highest BCUT2D eigenvalue weighted by Gasteiger charge is 2.21. The molecule has 0 radical (unpaired) electrons. The Hall–Kier alpha value is -3.34. The van der Waals surface area contributed by atoms with Crippen molar-refractivity contribution in [3.63, 3.8) is 0 Å². The van der Waals surface area contributed by atoms with Crippen molar-refractivity contribution < 1.29 is 13.9 Å². The van der Waals surface area contributed by atoms with Crippen molar-refractivity contribution in [2.24, 2.45) is 0 Å². The third-order valence-corrected chi connectivity index (χ3v) is 4.50. The average molecular weight is 331 g/mol. The van der Waals surface area contributed by atoms with E-state index in [0.29, 0.717) is 23.5 Å². The first-order valence-corrected chi connectivity index (χ1v) is 7.92. The summed E-state index contributed by atoms with van der Waals surface area (Å²) in [6.07, 6.45) is 0. The van der Waals surface area contributed by atoms with Crippen LogP contribution in [0.3, 0.4) is 0 Å². The fourth-order valence-corrected chi connectivity index (χ4v) is 3.34. The van der Waals surface area contributed by atoms with Gasteiger partial charge in [-0.05, 0) is 24.3 Å². The second-order valence-corrected chi connectivity index (χ2v) is 5.90. The molecule has 1 aliphatic rings. The zero-order chi connectivity index (χ0) is 17.0. The van der Waals surface area contributed by atoms with Crippen molar-refractivity contribution >= 4 is 21.9 Å². The van der Waals surface area contributed by atoms with E-state index in [-0.39, 0.29) is 0 Å². The molecule has 0 spiro atoms. The SMILES string of the molecule is COc1cccc2c1oc(=O)c1nc3c(cc12)COc1ccccc1-3. The Kier molecular flexibility index (Phi) is 2.85. The lowest BCUT2D eigenvalue weighted by atomic mass is 10.00.